The van der Waals surface area contributed by atoms with E-state index in [9.17, 15) is 9.59 Å². The van der Waals surface area contributed by atoms with Gasteiger partial charge in [-0.1, -0.05) is 30.0 Å². The summed E-state index contributed by atoms with van der Waals surface area (Å²) in [5.41, 5.74) is 3.87. The number of rotatable bonds is 8. The Balaban J connectivity index is 1.32. The lowest BCUT2D eigenvalue weighted by molar-refractivity contribution is -0.139. The maximum Gasteiger partial charge on any atom is 0.316 e. The number of ketones is 1. The Labute approximate surface area is 181 Å². The van der Waals surface area contributed by atoms with Crippen LogP contribution >= 0.6 is 23.1 Å². The van der Waals surface area contributed by atoms with Crippen LogP contribution in [0.3, 0.4) is 0 Å². The van der Waals surface area contributed by atoms with Crippen LogP contribution in [0.25, 0.3) is 11.1 Å². The molecule has 154 valence electrons. The molecule has 0 amide bonds. The minimum absolute atomic E-state index is 0.0253. The van der Waals surface area contributed by atoms with Gasteiger partial charge in [0.15, 0.2) is 12.2 Å². The average Bonchev–Trinajstić information content (AvgIpc) is 3.46. The summed E-state index contributed by atoms with van der Waals surface area (Å²) in [6.45, 7) is 4.33. The molecule has 0 aliphatic carbocycles. The second-order valence-electron chi connectivity index (χ2n) is 6.77. The highest BCUT2D eigenvalue weighted by Crippen LogP contribution is 2.23. The number of hydrogen-bond donors (Lipinski definition) is 0. The van der Waals surface area contributed by atoms with Gasteiger partial charge in [-0.05, 0) is 43.5 Å². The summed E-state index contributed by atoms with van der Waals surface area (Å²) in [4.78, 5) is 30.2. The fourth-order valence-electron chi connectivity index (χ4n) is 3.18. The molecule has 3 aromatic heterocycles. The molecule has 6 nitrogen and oxygen atoms in total. The number of carbonyl (C=O) groups excluding carboxylic acids is 2. The van der Waals surface area contributed by atoms with Crippen molar-refractivity contribution in [2.45, 2.75) is 25.6 Å². The highest BCUT2D eigenvalue weighted by molar-refractivity contribution is 7.99. The van der Waals surface area contributed by atoms with Crippen molar-refractivity contribution in [1.29, 1.82) is 0 Å². The number of thiophene rings is 1. The van der Waals surface area contributed by atoms with Gasteiger partial charge in [-0.2, -0.15) is 0 Å². The third-order valence-electron chi connectivity index (χ3n) is 4.72. The minimum Gasteiger partial charge on any atom is -0.457 e. The zero-order valence-corrected chi connectivity index (χ0v) is 18.2. The Kier molecular flexibility index (Phi) is 6.06. The Morgan fingerprint density at radius 3 is 2.80 bits per heavy atom. The van der Waals surface area contributed by atoms with Gasteiger partial charge in [0, 0.05) is 21.8 Å². The first-order valence-corrected chi connectivity index (χ1v) is 11.2. The van der Waals surface area contributed by atoms with Crippen LogP contribution in [0.2, 0.25) is 0 Å². The fourth-order valence-corrected chi connectivity index (χ4v) is 4.51. The van der Waals surface area contributed by atoms with Crippen LogP contribution in [0.1, 0.15) is 26.6 Å². The zero-order valence-electron chi connectivity index (χ0n) is 16.6. The second kappa shape index (κ2) is 8.89. The largest absolute Gasteiger partial charge is 0.457 e. The van der Waals surface area contributed by atoms with Crippen LogP contribution in [0.5, 0.6) is 0 Å². The topological polar surface area (TPSA) is 74.3 Å². The molecule has 0 N–H and O–H groups in total. The van der Waals surface area contributed by atoms with Crippen LogP contribution in [-0.2, 0) is 16.1 Å². The van der Waals surface area contributed by atoms with E-state index in [2.05, 4.69) is 15.6 Å². The van der Waals surface area contributed by atoms with E-state index < -0.39 is 5.97 Å². The Morgan fingerprint density at radius 2 is 2.03 bits per heavy atom. The van der Waals surface area contributed by atoms with Gasteiger partial charge in [0.1, 0.15) is 11.3 Å². The molecule has 0 unspecified atom stereocenters. The molecular weight excluding hydrogens is 420 g/mol. The monoisotopic (exact) mass is 440 g/mol. The molecule has 4 rings (SSSR count). The quantitative estimate of drug-likeness (QED) is 0.221. The molecule has 3 heterocycles. The number of aryl methyl sites for hydroxylation is 1. The van der Waals surface area contributed by atoms with E-state index in [-0.39, 0.29) is 18.1 Å². The summed E-state index contributed by atoms with van der Waals surface area (Å²) >= 11 is 2.83. The lowest BCUT2D eigenvalue weighted by Gasteiger charge is -2.08. The molecule has 0 saturated heterocycles. The Morgan fingerprint density at radius 1 is 1.20 bits per heavy atom. The number of benzene rings is 1. The summed E-state index contributed by atoms with van der Waals surface area (Å²) in [6, 6.07) is 13.3. The summed E-state index contributed by atoms with van der Waals surface area (Å²) in [5, 5.41) is 2.44. The van der Waals surface area contributed by atoms with Crippen molar-refractivity contribution in [3.8, 4) is 0 Å². The van der Waals surface area contributed by atoms with Crippen molar-refractivity contribution in [3.05, 3.63) is 69.7 Å². The second-order valence-corrected chi connectivity index (χ2v) is 8.73. The predicted octanol–water partition coefficient (Wildman–Crippen LogP) is 4.87. The standard InChI is InChI=1S/C22H20N2O4S2/c1-14-10-17(15(2)24(14)11-16-6-5-9-29-16)19(25)12-27-21(26)13-30-22-23-18-7-3-4-8-20(18)28-22/h3-10H,11-13H2,1-2H3. The minimum atomic E-state index is -0.483. The number of aromatic nitrogens is 2. The van der Waals surface area contributed by atoms with Gasteiger partial charge < -0.3 is 13.7 Å². The number of oxazole rings is 1. The highest BCUT2D eigenvalue weighted by Gasteiger charge is 2.18. The van der Waals surface area contributed by atoms with Crippen LogP contribution in [-0.4, -0.2) is 33.7 Å². The lowest BCUT2D eigenvalue weighted by Crippen LogP contribution is -2.16. The first-order valence-electron chi connectivity index (χ1n) is 9.37. The first kappa shape index (κ1) is 20.4. The molecule has 0 spiro atoms. The van der Waals surface area contributed by atoms with Gasteiger partial charge in [0.05, 0.1) is 6.54 Å². The third-order valence-corrected chi connectivity index (χ3v) is 6.38. The number of esters is 1. The van der Waals surface area contributed by atoms with Crippen LogP contribution in [0.15, 0.2) is 57.5 Å². The molecule has 1 aromatic carbocycles. The maximum atomic E-state index is 12.6. The number of fused-ring (bicyclic) bond motifs is 1. The molecule has 0 aliphatic rings. The number of hydrogen-bond acceptors (Lipinski definition) is 7. The van der Waals surface area contributed by atoms with Gasteiger partial charge in [0.2, 0.25) is 5.78 Å². The van der Waals surface area contributed by atoms with Crippen molar-refractivity contribution in [1.82, 2.24) is 9.55 Å². The van der Waals surface area contributed by atoms with E-state index >= 15 is 0 Å². The molecular formula is C22H20N2O4S2. The van der Waals surface area contributed by atoms with E-state index in [0.717, 1.165) is 35.2 Å². The summed E-state index contributed by atoms with van der Waals surface area (Å²) < 4.78 is 12.8. The number of nitrogens with zero attached hydrogens (tertiary/aromatic N) is 2. The summed E-state index contributed by atoms with van der Waals surface area (Å²) in [6.07, 6.45) is 0. The Hall–Kier alpha value is -2.84. The molecule has 0 saturated carbocycles. The van der Waals surface area contributed by atoms with Gasteiger partial charge in [-0.15, -0.1) is 11.3 Å². The maximum absolute atomic E-state index is 12.6. The molecule has 30 heavy (non-hydrogen) atoms. The van der Waals surface area contributed by atoms with E-state index in [1.54, 1.807) is 11.3 Å². The molecule has 0 aliphatic heterocycles. The molecule has 4 aromatic rings. The normalized spacial score (nSPS) is 11.1. The number of thioether (sulfide) groups is 1. The van der Waals surface area contributed by atoms with Crippen molar-refractivity contribution in [3.63, 3.8) is 0 Å². The van der Waals surface area contributed by atoms with Gasteiger partial charge in [-0.3, -0.25) is 9.59 Å². The van der Waals surface area contributed by atoms with Crippen molar-refractivity contribution in [2.75, 3.05) is 12.4 Å². The summed E-state index contributed by atoms with van der Waals surface area (Å²) in [5.74, 6) is -0.666. The molecule has 0 bridgehead atoms. The zero-order chi connectivity index (χ0) is 21.1. The predicted molar refractivity (Wildman–Crippen MR) is 117 cm³/mol. The molecule has 0 fully saturated rings. The van der Waals surface area contributed by atoms with Gasteiger partial charge in [0.25, 0.3) is 5.22 Å². The fraction of sp³-hybridized carbons (Fsp3) is 0.227. The van der Waals surface area contributed by atoms with Crippen molar-refractivity contribution < 1.29 is 18.7 Å². The molecule has 0 atom stereocenters. The third kappa shape index (κ3) is 4.49. The number of ether oxygens (including phenoxy) is 1. The van der Waals surface area contributed by atoms with E-state index in [1.165, 1.54) is 4.88 Å². The van der Waals surface area contributed by atoms with Crippen molar-refractivity contribution in [2.24, 2.45) is 0 Å². The lowest BCUT2D eigenvalue weighted by atomic mass is 10.1. The smallest absolute Gasteiger partial charge is 0.316 e. The van der Waals surface area contributed by atoms with Gasteiger partial charge >= 0.3 is 5.97 Å². The number of para-hydroxylation sites is 2. The Bertz CT molecular complexity index is 1160. The van der Waals surface area contributed by atoms with Crippen molar-refractivity contribution >= 4 is 46.0 Å². The van der Waals surface area contributed by atoms with Crippen LogP contribution < -0.4 is 0 Å². The number of carbonyl (C=O) groups is 2. The van der Waals surface area contributed by atoms with Crippen LogP contribution in [0, 0.1) is 13.8 Å². The molecule has 8 heteroatoms. The number of Topliss-reactive ketones (excluding diaryl/α,β-unsaturated/α-hetero) is 1. The van der Waals surface area contributed by atoms with E-state index in [1.807, 2.05) is 55.6 Å². The average molecular weight is 441 g/mol. The molecule has 0 radical (unpaired) electrons. The first-order chi connectivity index (χ1) is 14.5. The van der Waals surface area contributed by atoms with E-state index in [4.69, 9.17) is 9.15 Å². The highest BCUT2D eigenvalue weighted by atomic mass is 32.2. The van der Waals surface area contributed by atoms with Gasteiger partial charge in [-0.25, -0.2) is 4.98 Å². The SMILES string of the molecule is Cc1cc(C(=O)COC(=O)CSc2nc3ccccc3o2)c(C)n1Cc1cccs1. The van der Waals surface area contributed by atoms with Crippen LogP contribution in [0.4, 0.5) is 0 Å². The summed E-state index contributed by atoms with van der Waals surface area (Å²) in [7, 11) is 0. The van der Waals surface area contributed by atoms with E-state index in [0.29, 0.717) is 16.4 Å².